The van der Waals surface area contributed by atoms with Crippen LogP contribution in [0.2, 0.25) is 0 Å². The van der Waals surface area contributed by atoms with Crippen LogP contribution in [0.5, 0.6) is 0 Å². The summed E-state index contributed by atoms with van der Waals surface area (Å²) in [5.74, 6) is -0.291. The number of likely N-dealkylation sites (tertiary alicyclic amines) is 1. The number of nitrogens with one attached hydrogen (secondary N) is 2. The highest BCUT2D eigenvalue weighted by Gasteiger charge is 2.40. The Balaban J connectivity index is 1.11. The maximum Gasteiger partial charge on any atom is 0.259 e. The molecule has 2 aromatic carbocycles. The van der Waals surface area contributed by atoms with E-state index in [1.54, 1.807) is 4.90 Å². The molecule has 0 bridgehead atoms. The van der Waals surface area contributed by atoms with Crippen molar-refractivity contribution in [3.05, 3.63) is 60.6 Å². The maximum atomic E-state index is 13.5. The molecule has 3 aliphatic heterocycles. The summed E-state index contributed by atoms with van der Waals surface area (Å²) >= 11 is 0. The Morgan fingerprint density at radius 3 is 2.62 bits per heavy atom. The predicted octanol–water partition coefficient (Wildman–Crippen LogP) is 5.53. The number of benzene rings is 2. The normalized spacial score (nSPS) is 23.8. The van der Waals surface area contributed by atoms with Gasteiger partial charge in [-0.05, 0) is 69.1 Å². The molecule has 1 aromatic heterocycles. The van der Waals surface area contributed by atoms with Crippen LogP contribution >= 0.6 is 0 Å². The fourth-order valence-corrected chi connectivity index (χ4v) is 7.17. The number of aromatic nitrogens is 2. The molecule has 3 aromatic rings. The van der Waals surface area contributed by atoms with Gasteiger partial charge in [0.1, 0.15) is 6.04 Å². The highest BCUT2D eigenvalue weighted by Crippen LogP contribution is 2.44. The second-order valence-corrected chi connectivity index (χ2v) is 12.9. The first-order valence-electron chi connectivity index (χ1n) is 14.7. The highest BCUT2D eigenvalue weighted by molar-refractivity contribution is 6.28. The van der Waals surface area contributed by atoms with E-state index in [2.05, 4.69) is 46.8 Å². The van der Waals surface area contributed by atoms with Gasteiger partial charge in [-0.15, -0.1) is 0 Å². The van der Waals surface area contributed by atoms with Crippen LogP contribution in [0.4, 0.5) is 17.1 Å². The zero-order valence-electron chi connectivity index (χ0n) is 23.5. The molecule has 2 amide bonds. The van der Waals surface area contributed by atoms with Crippen molar-refractivity contribution in [2.45, 2.75) is 70.4 Å². The van der Waals surface area contributed by atoms with E-state index >= 15 is 0 Å². The number of anilines is 3. The van der Waals surface area contributed by atoms with Gasteiger partial charge in [0.25, 0.3) is 5.91 Å². The number of nitrogens with zero attached hydrogens (tertiary/aromatic N) is 4. The summed E-state index contributed by atoms with van der Waals surface area (Å²) in [7, 11) is 0. The number of carbonyl (C=O) groups excluding carboxylic acids is 2. The van der Waals surface area contributed by atoms with Crippen LogP contribution in [0.3, 0.4) is 0 Å². The Kier molecular flexibility index (Phi) is 5.82. The van der Waals surface area contributed by atoms with Crippen molar-refractivity contribution in [2.75, 3.05) is 29.9 Å². The van der Waals surface area contributed by atoms with E-state index in [0.717, 1.165) is 53.8 Å². The third-order valence-electron chi connectivity index (χ3n) is 9.88. The van der Waals surface area contributed by atoms with Gasteiger partial charge < -0.3 is 15.5 Å². The largest absolute Gasteiger partial charge is 0.352 e. The topological polar surface area (TPSA) is 82.5 Å². The van der Waals surface area contributed by atoms with Gasteiger partial charge in [0.2, 0.25) is 5.91 Å². The average Bonchev–Trinajstić information content (AvgIpc) is 3.51. The maximum absolute atomic E-state index is 13.5. The lowest BCUT2D eigenvalue weighted by atomic mass is 9.70. The minimum Gasteiger partial charge on any atom is -0.352 e. The molecule has 1 atom stereocenters. The quantitative estimate of drug-likeness (QED) is 0.431. The molecule has 40 heavy (non-hydrogen) atoms. The van der Waals surface area contributed by atoms with E-state index < -0.39 is 6.04 Å². The van der Waals surface area contributed by atoms with Crippen molar-refractivity contribution in [1.82, 2.24) is 20.0 Å². The molecular formula is C32H38N6O2. The minimum absolute atomic E-state index is 0.00223. The van der Waals surface area contributed by atoms with Crippen LogP contribution in [-0.4, -0.2) is 52.2 Å². The predicted molar refractivity (Wildman–Crippen MR) is 158 cm³/mol. The number of hydrogen-bond donors (Lipinski definition) is 2. The van der Waals surface area contributed by atoms with E-state index in [1.807, 2.05) is 36.5 Å². The van der Waals surface area contributed by atoms with E-state index in [0.29, 0.717) is 29.5 Å². The zero-order valence-corrected chi connectivity index (χ0v) is 23.5. The van der Waals surface area contributed by atoms with Gasteiger partial charge in [-0.2, -0.15) is 5.10 Å². The lowest BCUT2D eigenvalue weighted by molar-refractivity contribution is -0.122. The number of allylic oxidation sites excluding steroid dienone is 1. The van der Waals surface area contributed by atoms with Crippen LogP contribution < -0.4 is 15.5 Å². The molecule has 8 heteroatoms. The molecule has 7 rings (SSSR count). The summed E-state index contributed by atoms with van der Waals surface area (Å²) in [6.45, 7) is 12.1. The van der Waals surface area contributed by atoms with Crippen LogP contribution in [0.15, 0.2) is 55.0 Å². The summed E-state index contributed by atoms with van der Waals surface area (Å²) in [4.78, 5) is 30.6. The van der Waals surface area contributed by atoms with Crippen molar-refractivity contribution in [2.24, 2.45) is 5.41 Å². The van der Waals surface area contributed by atoms with Crippen molar-refractivity contribution in [3.8, 4) is 0 Å². The molecule has 8 nitrogen and oxygen atoms in total. The zero-order chi connectivity index (χ0) is 27.6. The molecule has 2 saturated heterocycles. The summed E-state index contributed by atoms with van der Waals surface area (Å²) in [5, 5.41) is 13.0. The average molecular weight is 539 g/mol. The van der Waals surface area contributed by atoms with Crippen molar-refractivity contribution in [3.63, 3.8) is 0 Å². The minimum atomic E-state index is -0.533. The van der Waals surface area contributed by atoms with Gasteiger partial charge in [0.05, 0.1) is 23.1 Å². The number of hydrogen-bond acceptors (Lipinski definition) is 5. The van der Waals surface area contributed by atoms with E-state index in [-0.39, 0.29) is 17.4 Å². The fraction of sp³-hybridized carbons (Fsp3) is 0.469. The van der Waals surface area contributed by atoms with Crippen molar-refractivity contribution in [1.29, 1.82) is 0 Å². The summed E-state index contributed by atoms with van der Waals surface area (Å²) in [6.07, 6.45) is 11.5. The molecule has 0 radical (unpaired) electrons. The standard InChI is InChI=1S/C32H38N6O2/c1-21-8-10-27(29(39)34-21)38-26-11-9-25(23-6-4-7-24(28(23)26)30(38)40)35-22-18-33-37(19-22)32(3)14-16-36(17-15-32)20-31(2)12-5-13-31/h4,6-7,9,11,18-19,27,35H,1,5,8,10,12-17,20H2,2-3H3,(H,34,39). The Labute approximate surface area is 235 Å². The number of rotatable bonds is 6. The number of piperidine rings is 2. The first kappa shape index (κ1) is 25.3. The monoisotopic (exact) mass is 538 g/mol. The first-order chi connectivity index (χ1) is 19.2. The summed E-state index contributed by atoms with van der Waals surface area (Å²) in [6, 6.07) is 9.24. The molecule has 208 valence electrons. The summed E-state index contributed by atoms with van der Waals surface area (Å²) < 4.78 is 2.14. The SMILES string of the molecule is C=C1CCC(N2C(=O)c3cccc4c(Nc5cnn(C6(C)CCN(CC7(C)CCC7)CC6)c5)ccc2c34)C(=O)N1. The molecule has 1 unspecified atom stereocenters. The second-order valence-electron chi connectivity index (χ2n) is 12.9. The first-order valence-corrected chi connectivity index (χ1v) is 14.7. The van der Waals surface area contributed by atoms with Gasteiger partial charge in [-0.25, -0.2) is 0 Å². The molecule has 4 heterocycles. The Bertz CT molecular complexity index is 1530. The Morgan fingerprint density at radius 2 is 1.90 bits per heavy atom. The van der Waals surface area contributed by atoms with Gasteiger partial charge >= 0.3 is 0 Å². The van der Waals surface area contributed by atoms with Gasteiger partial charge in [0.15, 0.2) is 0 Å². The van der Waals surface area contributed by atoms with Crippen LogP contribution in [0, 0.1) is 5.41 Å². The van der Waals surface area contributed by atoms with Gasteiger partial charge in [0, 0.05) is 53.6 Å². The smallest absolute Gasteiger partial charge is 0.259 e. The molecule has 2 N–H and O–H groups in total. The Morgan fingerprint density at radius 1 is 1.10 bits per heavy atom. The van der Waals surface area contributed by atoms with Gasteiger partial charge in [-0.3, -0.25) is 19.2 Å². The highest BCUT2D eigenvalue weighted by atomic mass is 16.2. The summed E-state index contributed by atoms with van der Waals surface area (Å²) in [5.41, 5.74) is 4.51. The molecule has 1 aliphatic carbocycles. The van der Waals surface area contributed by atoms with Crippen LogP contribution in [0.25, 0.3) is 10.8 Å². The third kappa shape index (κ3) is 4.12. The van der Waals surface area contributed by atoms with Crippen molar-refractivity contribution >= 4 is 39.6 Å². The van der Waals surface area contributed by atoms with Crippen LogP contribution in [0.1, 0.15) is 69.2 Å². The third-order valence-corrected chi connectivity index (χ3v) is 9.88. The lowest BCUT2D eigenvalue weighted by Gasteiger charge is -2.46. The molecule has 0 spiro atoms. The molecule has 1 saturated carbocycles. The van der Waals surface area contributed by atoms with Gasteiger partial charge in [-0.1, -0.05) is 32.1 Å². The van der Waals surface area contributed by atoms with Crippen molar-refractivity contribution < 1.29 is 9.59 Å². The number of carbonyl (C=O) groups is 2. The van der Waals surface area contributed by atoms with E-state index in [4.69, 9.17) is 5.10 Å². The van der Waals surface area contributed by atoms with E-state index in [9.17, 15) is 9.59 Å². The number of amides is 2. The fourth-order valence-electron chi connectivity index (χ4n) is 7.17. The van der Waals surface area contributed by atoms with E-state index in [1.165, 1.54) is 25.8 Å². The Hall–Kier alpha value is -3.65. The molecular weight excluding hydrogens is 500 g/mol. The lowest BCUT2D eigenvalue weighted by Crippen LogP contribution is -2.51. The molecule has 4 aliphatic rings. The van der Waals surface area contributed by atoms with Crippen LogP contribution in [-0.2, 0) is 10.3 Å². The molecule has 3 fully saturated rings. The second kappa shape index (κ2) is 9.20.